The maximum atomic E-state index is 14.3. The third kappa shape index (κ3) is 6.61. The van der Waals surface area contributed by atoms with Gasteiger partial charge in [-0.2, -0.15) is 4.31 Å². The van der Waals surface area contributed by atoms with E-state index >= 15 is 0 Å². The number of ketones is 2. The third-order valence-corrected chi connectivity index (χ3v) is 11.3. The number of Topliss-reactive ketones (excluding diaryl/α,β-unsaturated/α-hetero) is 2. The molecule has 1 heterocycles. The topological polar surface area (TPSA) is 136 Å². The van der Waals surface area contributed by atoms with Crippen LogP contribution in [-0.2, 0) is 19.5 Å². The summed E-state index contributed by atoms with van der Waals surface area (Å²) >= 11 is 3.34. The second-order valence-corrected chi connectivity index (χ2v) is 16.1. The van der Waals surface area contributed by atoms with Crippen LogP contribution in [-0.4, -0.2) is 67.7 Å². The van der Waals surface area contributed by atoms with E-state index in [1.807, 2.05) is 0 Å². The number of carbonyl (C=O) groups excluding carboxylic acids is 4. The fourth-order valence-corrected chi connectivity index (χ4v) is 8.62. The molecule has 0 saturated carbocycles. The Morgan fingerprint density at radius 3 is 2.17 bits per heavy atom. The van der Waals surface area contributed by atoms with Gasteiger partial charge in [0, 0.05) is 46.4 Å². The summed E-state index contributed by atoms with van der Waals surface area (Å²) in [5.41, 5.74) is 1.16. The molecule has 3 aromatic carbocycles. The highest BCUT2D eigenvalue weighted by Crippen LogP contribution is 2.49. The molecule has 1 aliphatic heterocycles. The number of hydrogen-bond donors (Lipinski definition) is 1. The van der Waals surface area contributed by atoms with Crippen molar-refractivity contribution in [2.75, 3.05) is 19.7 Å². The highest BCUT2D eigenvalue weighted by Gasteiger charge is 2.55. The molecule has 0 radical (unpaired) electrons. The number of fused-ring (bicyclic) bond motifs is 4. The van der Waals surface area contributed by atoms with E-state index in [2.05, 4.69) is 21.2 Å². The summed E-state index contributed by atoms with van der Waals surface area (Å²) in [6.45, 7) is 4.59. The second kappa shape index (κ2) is 13.1. The Morgan fingerprint density at radius 2 is 1.52 bits per heavy atom. The van der Waals surface area contributed by atoms with Crippen molar-refractivity contribution in [1.29, 1.82) is 0 Å². The van der Waals surface area contributed by atoms with E-state index in [9.17, 15) is 27.6 Å². The molecule has 0 unspecified atom stereocenters. The van der Waals surface area contributed by atoms with Crippen LogP contribution in [0.4, 0.5) is 4.79 Å². The minimum absolute atomic E-state index is 0.0457. The smallest absolute Gasteiger partial charge is 0.407 e. The number of benzene rings is 3. The summed E-state index contributed by atoms with van der Waals surface area (Å²) in [5.74, 6) is -3.52. The molecule has 6 rings (SSSR count). The molecule has 48 heavy (non-hydrogen) atoms. The van der Waals surface area contributed by atoms with Gasteiger partial charge in [0.2, 0.25) is 10.0 Å². The van der Waals surface area contributed by atoms with E-state index in [1.165, 1.54) is 16.4 Å². The molecule has 10 nitrogen and oxygen atoms in total. The van der Waals surface area contributed by atoms with Crippen LogP contribution in [0.3, 0.4) is 0 Å². The minimum atomic E-state index is -4.11. The van der Waals surface area contributed by atoms with E-state index in [0.717, 1.165) is 0 Å². The van der Waals surface area contributed by atoms with Crippen molar-refractivity contribution in [3.63, 3.8) is 0 Å². The standard InChI is InChI=1S/C36H35BrN2O8S/c1-36(2,3)47-35(43)38-29-19-39(48(44,45)24-15-13-23(37)14-16-24)18-28-22(20-46-34(42)21-9-5-4-6-10-21)17-27-31(30(28)29)33(41)26-12-8-7-11-25(26)32(27)40/h4-16,27,29-31H,17-20H2,1-3H3,(H,38,43)/t27-,29+,30-,31-/m1/s1. The summed E-state index contributed by atoms with van der Waals surface area (Å²) in [4.78, 5) is 54.6. The summed E-state index contributed by atoms with van der Waals surface area (Å²) in [6, 6.07) is 20.3. The van der Waals surface area contributed by atoms with Gasteiger partial charge in [-0.25, -0.2) is 18.0 Å². The number of piperidine rings is 1. The van der Waals surface area contributed by atoms with Gasteiger partial charge in [0.05, 0.1) is 16.5 Å². The first-order chi connectivity index (χ1) is 22.7. The highest BCUT2D eigenvalue weighted by atomic mass is 79.9. The van der Waals surface area contributed by atoms with Crippen molar-refractivity contribution in [2.24, 2.45) is 17.8 Å². The van der Waals surface area contributed by atoms with E-state index in [1.54, 1.807) is 87.5 Å². The SMILES string of the molecule is CC(C)(C)OC(=O)N[C@H]1CN(S(=O)(=O)c2ccc(Br)cc2)CC2=C(COC(=O)c3ccccc3)C[C@H]3C(=O)c4ccccc4C(=O)[C@H]3[C@H]21. The molecule has 1 N–H and O–H groups in total. The molecule has 250 valence electrons. The van der Waals surface area contributed by atoms with Crippen LogP contribution < -0.4 is 5.32 Å². The number of rotatable bonds is 6. The van der Waals surface area contributed by atoms with Gasteiger partial charge < -0.3 is 14.8 Å². The zero-order chi connectivity index (χ0) is 34.4. The van der Waals surface area contributed by atoms with Crippen LogP contribution in [0.2, 0.25) is 0 Å². The van der Waals surface area contributed by atoms with Gasteiger partial charge in [0.1, 0.15) is 12.2 Å². The van der Waals surface area contributed by atoms with Gasteiger partial charge >= 0.3 is 12.1 Å². The Bertz CT molecular complexity index is 1920. The summed E-state index contributed by atoms with van der Waals surface area (Å²) in [6.07, 6.45) is -0.702. The molecule has 1 amide bonds. The van der Waals surface area contributed by atoms with Crippen LogP contribution in [0.15, 0.2) is 99.4 Å². The molecule has 12 heteroatoms. The average Bonchev–Trinajstić information content (AvgIpc) is 3.05. The fraction of sp³-hybridized carbons (Fsp3) is 0.333. The van der Waals surface area contributed by atoms with E-state index in [0.29, 0.717) is 32.3 Å². The summed E-state index contributed by atoms with van der Waals surface area (Å²) in [5, 5.41) is 2.86. The molecule has 3 aromatic rings. The van der Waals surface area contributed by atoms with Gasteiger partial charge in [-0.1, -0.05) is 58.4 Å². The number of halogens is 1. The maximum Gasteiger partial charge on any atom is 0.407 e. The number of hydrogen-bond acceptors (Lipinski definition) is 8. The quantitative estimate of drug-likeness (QED) is 0.247. The Balaban J connectivity index is 1.46. The van der Waals surface area contributed by atoms with Crippen LogP contribution in [0, 0.1) is 17.8 Å². The molecule has 1 saturated heterocycles. The number of sulfonamides is 1. The Hall–Kier alpha value is -4.13. The highest BCUT2D eigenvalue weighted by molar-refractivity contribution is 9.10. The van der Waals surface area contributed by atoms with Gasteiger partial charge in [-0.15, -0.1) is 0 Å². The lowest BCUT2D eigenvalue weighted by atomic mass is 9.58. The van der Waals surface area contributed by atoms with Crippen molar-refractivity contribution in [3.8, 4) is 0 Å². The number of alkyl carbamates (subject to hydrolysis) is 1. The fourth-order valence-electron chi connectivity index (χ4n) is 6.91. The summed E-state index contributed by atoms with van der Waals surface area (Å²) in [7, 11) is -4.11. The first-order valence-corrected chi connectivity index (χ1v) is 17.8. The normalized spacial score (nSPS) is 22.7. The van der Waals surface area contributed by atoms with Crippen molar-refractivity contribution in [3.05, 3.63) is 111 Å². The Kier molecular flexibility index (Phi) is 9.18. The predicted octanol–water partition coefficient (Wildman–Crippen LogP) is 5.83. The predicted molar refractivity (Wildman–Crippen MR) is 180 cm³/mol. The number of esters is 1. The van der Waals surface area contributed by atoms with Crippen LogP contribution in [0.5, 0.6) is 0 Å². The minimum Gasteiger partial charge on any atom is -0.458 e. The second-order valence-electron chi connectivity index (χ2n) is 13.2. The monoisotopic (exact) mass is 734 g/mol. The van der Waals surface area contributed by atoms with Crippen molar-refractivity contribution >= 4 is 49.6 Å². The maximum absolute atomic E-state index is 14.3. The lowest BCUT2D eigenvalue weighted by Gasteiger charge is -2.49. The zero-order valence-electron chi connectivity index (χ0n) is 26.6. The van der Waals surface area contributed by atoms with Crippen LogP contribution in [0.1, 0.15) is 58.3 Å². The molecule has 3 aliphatic rings. The van der Waals surface area contributed by atoms with Crippen molar-refractivity contribution < 1.29 is 37.1 Å². The molecular weight excluding hydrogens is 700 g/mol. The molecule has 0 spiro atoms. The molecule has 1 fully saturated rings. The number of nitrogens with zero attached hydrogens (tertiary/aromatic N) is 1. The van der Waals surface area contributed by atoms with E-state index < -0.39 is 51.5 Å². The molecule has 0 bridgehead atoms. The number of ether oxygens (including phenoxy) is 2. The molecule has 2 aliphatic carbocycles. The molecule has 4 atom stereocenters. The lowest BCUT2D eigenvalue weighted by Crippen LogP contribution is -2.61. The largest absolute Gasteiger partial charge is 0.458 e. The van der Waals surface area contributed by atoms with Crippen molar-refractivity contribution in [1.82, 2.24) is 9.62 Å². The molecular formula is C36H35BrN2O8S. The Labute approximate surface area is 287 Å². The van der Waals surface area contributed by atoms with Gasteiger partial charge in [-0.05, 0) is 74.7 Å². The lowest BCUT2D eigenvalue weighted by molar-refractivity contribution is 0.0398. The number of nitrogens with one attached hydrogen (secondary N) is 1. The summed E-state index contributed by atoms with van der Waals surface area (Å²) < 4.78 is 41.5. The first kappa shape index (κ1) is 33.8. The number of amides is 1. The number of carbonyl (C=O) groups is 4. The van der Waals surface area contributed by atoms with Crippen LogP contribution >= 0.6 is 15.9 Å². The van der Waals surface area contributed by atoms with E-state index in [4.69, 9.17) is 9.47 Å². The first-order valence-electron chi connectivity index (χ1n) is 15.6. The van der Waals surface area contributed by atoms with Crippen LogP contribution in [0.25, 0.3) is 0 Å². The van der Waals surface area contributed by atoms with Gasteiger partial charge in [0.15, 0.2) is 11.6 Å². The average molecular weight is 736 g/mol. The van der Waals surface area contributed by atoms with Gasteiger partial charge in [0.25, 0.3) is 0 Å². The van der Waals surface area contributed by atoms with Crippen molar-refractivity contribution in [2.45, 2.75) is 43.7 Å². The zero-order valence-corrected chi connectivity index (χ0v) is 29.0. The van der Waals surface area contributed by atoms with E-state index in [-0.39, 0.29) is 42.6 Å². The Morgan fingerprint density at radius 1 is 0.896 bits per heavy atom. The third-order valence-electron chi connectivity index (χ3n) is 8.96. The van der Waals surface area contributed by atoms with Gasteiger partial charge in [-0.3, -0.25) is 9.59 Å². The molecule has 0 aromatic heterocycles.